The highest BCUT2D eigenvalue weighted by Gasteiger charge is 2.18. The lowest BCUT2D eigenvalue weighted by Gasteiger charge is -1.96. The highest BCUT2D eigenvalue weighted by molar-refractivity contribution is 6.39. The fraction of sp³-hybridized carbons (Fsp3) is 0.143. The molecule has 5 heteroatoms. The first-order valence-electron chi connectivity index (χ1n) is 3.18. The van der Waals surface area contributed by atoms with Crippen LogP contribution in [0.5, 0.6) is 0 Å². The van der Waals surface area contributed by atoms with Crippen LogP contribution in [0.1, 0.15) is 16.2 Å². The van der Waals surface area contributed by atoms with Gasteiger partial charge in [-0.05, 0) is 6.92 Å². The molecule has 5 nitrogen and oxygen atoms in total. The van der Waals surface area contributed by atoms with Gasteiger partial charge in [-0.25, -0.2) is 9.78 Å². The van der Waals surface area contributed by atoms with Gasteiger partial charge >= 0.3 is 5.97 Å². The zero-order chi connectivity index (χ0) is 9.14. The summed E-state index contributed by atoms with van der Waals surface area (Å²) in [6.07, 6.45) is 2.68. The zero-order valence-electron chi connectivity index (χ0n) is 6.31. The second-order valence-electron chi connectivity index (χ2n) is 2.12. The van der Waals surface area contributed by atoms with Crippen LogP contribution >= 0.6 is 0 Å². The maximum Gasteiger partial charge on any atom is 0.379 e. The molecule has 0 unspecified atom stereocenters. The van der Waals surface area contributed by atoms with Crippen molar-refractivity contribution in [1.29, 1.82) is 0 Å². The number of rotatable bonds is 2. The quantitative estimate of drug-likeness (QED) is 0.496. The molecule has 62 valence electrons. The molecular weight excluding hydrogens is 160 g/mol. The number of hydrogen-bond donors (Lipinski definition) is 1. The maximum absolute atomic E-state index is 10.9. The Morgan fingerprint density at radius 1 is 1.33 bits per heavy atom. The van der Waals surface area contributed by atoms with E-state index in [9.17, 15) is 9.59 Å². The predicted molar refractivity (Wildman–Crippen MR) is 38.7 cm³/mol. The van der Waals surface area contributed by atoms with Crippen LogP contribution in [0, 0.1) is 6.92 Å². The number of carbonyl (C=O) groups excluding carboxylic acids is 1. The first kappa shape index (κ1) is 8.32. The third-order valence-corrected chi connectivity index (χ3v) is 1.29. The monoisotopic (exact) mass is 166 g/mol. The summed E-state index contributed by atoms with van der Waals surface area (Å²) >= 11 is 0. The molecule has 1 rings (SSSR count). The standard InChI is InChI=1S/C7H6N2O3/c1-4-5(6(10)7(11)12)9-3-2-8-4/h2-3H,1H3,(H,11,12). The van der Waals surface area contributed by atoms with Gasteiger partial charge in [0, 0.05) is 12.4 Å². The minimum atomic E-state index is -1.52. The molecule has 1 heterocycles. The number of carboxylic acid groups (broad SMARTS) is 1. The molecule has 0 aliphatic heterocycles. The van der Waals surface area contributed by atoms with E-state index < -0.39 is 11.8 Å². The van der Waals surface area contributed by atoms with Gasteiger partial charge in [0.25, 0.3) is 5.78 Å². The fourth-order valence-corrected chi connectivity index (χ4v) is 0.732. The van der Waals surface area contributed by atoms with Crippen LogP contribution in [-0.2, 0) is 4.79 Å². The summed E-state index contributed by atoms with van der Waals surface area (Å²) in [6, 6.07) is 0. The summed E-state index contributed by atoms with van der Waals surface area (Å²) in [5.41, 5.74) is 0.218. The lowest BCUT2D eigenvalue weighted by Crippen LogP contribution is -2.16. The molecule has 12 heavy (non-hydrogen) atoms. The number of carboxylic acids is 1. The van der Waals surface area contributed by atoms with Gasteiger partial charge in [0.15, 0.2) is 0 Å². The molecule has 1 aromatic rings. The first-order valence-corrected chi connectivity index (χ1v) is 3.18. The van der Waals surface area contributed by atoms with Crippen LogP contribution in [0.15, 0.2) is 12.4 Å². The highest BCUT2D eigenvalue weighted by Crippen LogP contribution is 1.99. The molecule has 0 bridgehead atoms. The van der Waals surface area contributed by atoms with Crippen molar-refractivity contribution in [2.75, 3.05) is 0 Å². The van der Waals surface area contributed by atoms with E-state index in [2.05, 4.69) is 9.97 Å². The van der Waals surface area contributed by atoms with Crippen LogP contribution in [0.2, 0.25) is 0 Å². The summed E-state index contributed by atoms with van der Waals surface area (Å²) in [7, 11) is 0. The number of carbonyl (C=O) groups is 2. The molecule has 0 aliphatic carbocycles. The Hall–Kier alpha value is -1.78. The highest BCUT2D eigenvalue weighted by atomic mass is 16.4. The predicted octanol–water partition coefficient (Wildman–Crippen LogP) is 0.0523. The Balaban J connectivity index is 3.11. The van der Waals surface area contributed by atoms with Gasteiger partial charge in [-0.3, -0.25) is 9.78 Å². The van der Waals surface area contributed by atoms with Crippen LogP contribution in [-0.4, -0.2) is 26.8 Å². The van der Waals surface area contributed by atoms with Gasteiger partial charge in [-0.1, -0.05) is 0 Å². The molecule has 0 aliphatic rings. The molecule has 0 saturated heterocycles. The van der Waals surface area contributed by atoms with Gasteiger partial charge in [0.2, 0.25) is 0 Å². The second kappa shape index (κ2) is 3.08. The van der Waals surface area contributed by atoms with E-state index >= 15 is 0 Å². The minimum absolute atomic E-state index is 0.106. The van der Waals surface area contributed by atoms with Crippen LogP contribution in [0.3, 0.4) is 0 Å². The molecule has 0 aromatic carbocycles. The van der Waals surface area contributed by atoms with E-state index in [4.69, 9.17) is 5.11 Å². The zero-order valence-corrected chi connectivity index (χ0v) is 6.31. The Bertz CT molecular complexity index is 335. The average molecular weight is 166 g/mol. The summed E-state index contributed by atoms with van der Waals surface area (Å²) in [4.78, 5) is 28.4. The van der Waals surface area contributed by atoms with Crippen LogP contribution < -0.4 is 0 Å². The molecule has 1 N–H and O–H groups in total. The van der Waals surface area contributed by atoms with Crippen molar-refractivity contribution in [3.8, 4) is 0 Å². The van der Waals surface area contributed by atoms with E-state index in [0.717, 1.165) is 0 Å². The largest absolute Gasteiger partial charge is 0.475 e. The van der Waals surface area contributed by atoms with Crippen LogP contribution in [0.4, 0.5) is 0 Å². The second-order valence-corrected chi connectivity index (χ2v) is 2.12. The minimum Gasteiger partial charge on any atom is -0.475 e. The van der Waals surface area contributed by atoms with Crippen molar-refractivity contribution in [3.63, 3.8) is 0 Å². The first-order chi connectivity index (χ1) is 5.63. The van der Waals surface area contributed by atoms with Gasteiger partial charge in [-0.2, -0.15) is 0 Å². The van der Waals surface area contributed by atoms with E-state index in [0.29, 0.717) is 5.69 Å². The SMILES string of the molecule is Cc1nccnc1C(=O)C(=O)O. The van der Waals surface area contributed by atoms with Gasteiger partial charge < -0.3 is 5.11 Å². The fourth-order valence-electron chi connectivity index (χ4n) is 0.732. The van der Waals surface area contributed by atoms with E-state index in [1.165, 1.54) is 19.3 Å². The van der Waals surface area contributed by atoms with Gasteiger partial charge in [0.05, 0.1) is 5.69 Å². The van der Waals surface area contributed by atoms with E-state index in [1.807, 2.05) is 0 Å². The number of hydrogen-bond acceptors (Lipinski definition) is 4. The number of aliphatic carboxylic acids is 1. The average Bonchev–Trinajstić information content (AvgIpc) is 2.04. The summed E-state index contributed by atoms with van der Waals surface area (Å²) < 4.78 is 0. The number of aromatic nitrogens is 2. The van der Waals surface area contributed by atoms with Crippen molar-refractivity contribution in [2.24, 2.45) is 0 Å². The lowest BCUT2D eigenvalue weighted by atomic mass is 10.2. The van der Waals surface area contributed by atoms with Gasteiger partial charge in [0.1, 0.15) is 5.69 Å². The summed E-state index contributed by atoms with van der Waals surface area (Å²) in [6.45, 7) is 1.53. The van der Waals surface area contributed by atoms with Crippen molar-refractivity contribution in [2.45, 2.75) is 6.92 Å². The van der Waals surface area contributed by atoms with E-state index in [1.54, 1.807) is 0 Å². The normalized spacial score (nSPS) is 9.42. The topological polar surface area (TPSA) is 80.2 Å². The molecule has 0 fully saturated rings. The van der Waals surface area contributed by atoms with Crippen LogP contribution in [0.25, 0.3) is 0 Å². The summed E-state index contributed by atoms with van der Waals surface area (Å²) in [5, 5.41) is 8.34. The molecule has 0 atom stereocenters. The molecule has 0 amide bonds. The van der Waals surface area contributed by atoms with Gasteiger partial charge in [-0.15, -0.1) is 0 Å². The number of nitrogens with zero attached hydrogens (tertiary/aromatic N) is 2. The van der Waals surface area contributed by atoms with Crippen molar-refractivity contribution in [3.05, 3.63) is 23.8 Å². The summed E-state index contributed by atoms with van der Waals surface area (Å²) in [5.74, 6) is -2.54. The Morgan fingerprint density at radius 2 is 1.92 bits per heavy atom. The molecular formula is C7H6N2O3. The maximum atomic E-state index is 10.9. The Labute approximate surface area is 68.1 Å². The van der Waals surface area contributed by atoms with Crippen molar-refractivity contribution >= 4 is 11.8 Å². The van der Waals surface area contributed by atoms with Crippen molar-refractivity contribution in [1.82, 2.24) is 9.97 Å². The molecule has 1 aromatic heterocycles. The molecule has 0 spiro atoms. The Morgan fingerprint density at radius 3 is 2.42 bits per heavy atom. The van der Waals surface area contributed by atoms with Crippen molar-refractivity contribution < 1.29 is 14.7 Å². The molecule has 0 radical (unpaired) electrons. The number of ketones is 1. The molecule has 0 saturated carbocycles. The lowest BCUT2D eigenvalue weighted by molar-refractivity contribution is -0.131. The number of Topliss-reactive ketones (excluding diaryl/α,β-unsaturated/α-hetero) is 1. The number of aryl methyl sites for hydroxylation is 1. The third-order valence-electron chi connectivity index (χ3n) is 1.29. The smallest absolute Gasteiger partial charge is 0.379 e. The third kappa shape index (κ3) is 1.45. The Kier molecular flexibility index (Phi) is 2.14. The van der Waals surface area contributed by atoms with E-state index in [-0.39, 0.29) is 5.69 Å².